The van der Waals surface area contributed by atoms with Gasteiger partial charge in [0.2, 0.25) is 0 Å². The van der Waals surface area contributed by atoms with Crippen LogP contribution in [0.1, 0.15) is 29.1 Å². The fraction of sp³-hybridized carbons (Fsp3) is 0.143. The van der Waals surface area contributed by atoms with Gasteiger partial charge in [0.1, 0.15) is 17.7 Å². The Morgan fingerprint density at radius 2 is 1.91 bits per heavy atom. The number of benzene rings is 1. The Balaban J connectivity index is 1.57. The fourth-order valence-electron chi connectivity index (χ4n) is 3.17. The minimum Gasteiger partial charge on any atom is -0.486 e. The van der Waals surface area contributed by atoms with Crippen LogP contribution in [0, 0.1) is 4.78 Å². The van der Waals surface area contributed by atoms with Gasteiger partial charge in [-0.05, 0) is 37.3 Å². The van der Waals surface area contributed by atoms with E-state index < -0.39 is 21.7 Å². The monoisotopic (exact) mass is 504 g/mol. The van der Waals surface area contributed by atoms with Crippen molar-refractivity contribution < 1.29 is 13.7 Å². The van der Waals surface area contributed by atoms with Crippen molar-refractivity contribution in [3.63, 3.8) is 0 Å². The zero-order valence-electron chi connectivity index (χ0n) is 17.4. The van der Waals surface area contributed by atoms with E-state index in [1.165, 1.54) is 37.0 Å². The summed E-state index contributed by atoms with van der Waals surface area (Å²) in [6, 6.07) is 8.15. The van der Waals surface area contributed by atoms with E-state index in [1.54, 1.807) is 25.1 Å². The first kappa shape index (κ1) is 23.0. The third kappa shape index (κ3) is 4.92. The number of carbonyl (C=O) groups is 1. The number of nitrogens with one attached hydrogen (secondary N) is 3. The quantitative estimate of drug-likeness (QED) is 0.334. The minimum absolute atomic E-state index is 0.147. The Morgan fingerprint density at radius 3 is 2.55 bits per heavy atom. The fourth-order valence-corrected chi connectivity index (χ4v) is 4.43. The maximum Gasteiger partial charge on any atom is 0.277 e. The van der Waals surface area contributed by atoms with E-state index in [-0.39, 0.29) is 16.4 Å². The lowest BCUT2D eigenvalue weighted by Gasteiger charge is -2.17. The number of nitrogens with zero attached hydrogens (tertiary/aromatic N) is 3. The SMILES string of the molecule is CC(Oc1ccc2[nH]nc(C(=O)Nc3ccc(S(C)(=N)=O)cn3)c2c1)c1c(Cl)cncc1Cl. The molecule has 0 bridgehead atoms. The number of H-pyrrole nitrogens is 1. The van der Waals surface area contributed by atoms with Crippen LogP contribution < -0.4 is 10.1 Å². The second-order valence-electron chi connectivity index (χ2n) is 7.23. The summed E-state index contributed by atoms with van der Waals surface area (Å²) in [4.78, 5) is 21.1. The van der Waals surface area contributed by atoms with E-state index in [0.29, 0.717) is 32.3 Å². The molecule has 4 aromatic rings. The predicted octanol–water partition coefficient (Wildman–Crippen LogP) is 5.09. The molecule has 3 heterocycles. The Hall–Kier alpha value is -3.21. The van der Waals surface area contributed by atoms with Crippen LogP contribution in [0.25, 0.3) is 10.9 Å². The van der Waals surface area contributed by atoms with Crippen LogP contribution in [0.15, 0.2) is 53.8 Å². The number of amides is 1. The van der Waals surface area contributed by atoms with E-state index in [2.05, 4.69) is 25.5 Å². The molecule has 0 aliphatic rings. The van der Waals surface area contributed by atoms with E-state index in [0.717, 1.165) is 0 Å². The first-order valence-corrected chi connectivity index (χ1v) is 12.3. The molecule has 2 unspecified atom stereocenters. The van der Waals surface area contributed by atoms with Gasteiger partial charge in [0.15, 0.2) is 5.69 Å². The predicted molar refractivity (Wildman–Crippen MR) is 127 cm³/mol. The summed E-state index contributed by atoms with van der Waals surface area (Å²) in [5, 5.41) is 10.9. The number of pyridine rings is 2. The second-order valence-corrected chi connectivity index (χ2v) is 10.2. The zero-order valence-corrected chi connectivity index (χ0v) is 19.8. The van der Waals surface area contributed by atoms with E-state index in [1.807, 2.05) is 0 Å². The van der Waals surface area contributed by atoms with Crippen molar-refractivity contribution in [3.8, 4) is 5.75 Å². The van der Waals surface area contributed by atoms with Gasteiger partial charge < -0.3 is 10.1 Å². The molecule has 2 atom stereocenters. The first-order chi connectivity index (χ1) is 15.6. The summed E-state index contributed by atoms with van der Waals surface area (Å²) in [5.41, 5.74) is 1.40. The lowest BCUT2D eigenvalue weighted by atomic mass is 10.1. The molecule has 170 valence electrons. The molecule has 1 aromatic carbocycles. The van der Waals surface area contributed by atoms with Crippen LogP contribution in [-0.4, -0.2) is 36.5 Å². The van der Waals surface area contributed by atoms with Gasteiger partial charge in [-0.3, -0.25) is 14.9 Å². The summed E-state index contributed by atoms with van der Waals surface area (Å²) in [6.07, 6.45) is 5.12. The van der Waals surface area contributed by atoms with E-state index >= 15 is 0 Å². The van der Waals surface area contributed by atoms with Crippen LogP contribution in [0.4, 0.5) is 5.82 Å². The van der Waals surface area contributed by atoms with Crippen molar-refractivity contribution >= 4 is 55.6 Å². The van der Waals surface area contributed by atoms with E-state index in [9.17, 15) is 9.00 Å². The highest BCUT2D eigenvalue weighted by Gasteiger charge is 2.19. The topological polar surface area (TPSA) is 134 Å². The molecule has 9 nitrogen and oxygen atoms in total. The normalized spacial score (nSPS) is 13.9. The number of aromatic amines is 1. The van der Waals surface area contributed by atoms with Gasteiger partial charge in [-0.25, -0.2) is 14.0 Å². The first-order valence-electron chi connectivity index (χ1n) is 9.58. The van der Waals surface area contributed by atoms with Gasteiger partial charge in [-0.1, -0.05) is 23.2 Å². The third-order valence-corrected chi connectivity index (χ3v) is 6.53. The number of anilines is 1. The van der Waals surface area contributed by atoms with Gasteiger partial charge in [-0.2, -0.15) is 5.10 Å². The van der Waals surface area contributed by atoms with Crippen LogP contribution >= 0.6 is 23.2 Å². The van der Waals surface area contributed by atoms with Crippen molar-refractivity contribution in [1.29, 1.82) is 4.78 Å². The molecular weight excluding hydrogens is 487 g/mol. The maximum absolute atomic E-state index is 12.8. The Bertz CT molecular complexity index is 1430. The number of hydrogen-bond donors (Lipinski definition) is 3. The molecule has 12 heteroatoms. The molecule has 3 N–H and O–H groups in total. The average Bonchev–Trinajstić information content (AvgIpc) is 3.17. The highest BCUT2D eigenvalue weighted by molar-refractivity contribution is 7.91. The molecule has 0 saturated heterocycles. The number of hydrogen-bond acceptors (Lipinski definition) is 7. The molecule has 0 aliphatic heterocycles. The van der Waals surface area contributed by atoms with Gasteiger partial charge >= 0.3 is 0 Å². The van der Waals surface area contributed by atoms with Gasteiger partial charge in [0.05, 0.1) is 30.2 Å². The molecule has 33 heavy (non-hydrogen) atoms. The number of ether oxygens (including phenoxy) is 1. The lowest BCUT2D eigenvalue weighted by Crippen LogP contribution is -2.14. The molecule has 0 saturated carbocycles. The van der Waals surface area contributed by atoms with Gasteiger partial charge in [0.25, 0.3) is 5.91 Å². The van der Waals surface area contributed by atoms with Crippen molar-refractivity contribution in [2.24, 2.45) is 0 Å². The maximum atomic E-state index is 12.8. The highest BCUT2D eigenvalue weighted by atomic mass is 35.5. The van der Waals surface area contributed by atoms with Crippen molar-refractivity contribution in [3.05, 3.63) is 70.2 Å². The average molecular weight is 505 g/mol. The number of halogens is 2. The molecule has 0 radical (unpaired) electrons. The molecule has 0 spiro atoms. The molecule has 0 fully saturated rings. The number of rotatable bonds is 6. The summed E-state index contributed by atoms with van der Waals surface area (Å²) in [7, 11) is -2.89. The number of carbonyl (C=O) groups excluding carboxylic acids is 1. The van der Waals surface area contributed by atoms with Crippen LogP contribution in [0.5, 0.6) is 5.75 Å². The largest absolute Gasteiger partial charge is 0.486 e. The summed E-state index contributed by atoms with van der Waals surface area (Å²) < 4.78 is 25.4. The van der Waals surface area contributed by atoms with Crippen molar-refractivity contribution in [2.75, 3.05) is 11.6 Å². The highest BCUT2D eigenvalue weighted by Crippen LogP contribution is 2.33. The lowest BCUT2D eigenvalue weighted by molar-refractivity contribution is 0.102. The molecule has 0 aliphatic carbocycles. The molecular formula is C21H18Cl2N6O3S. The second kappa shape index (κ2) is 8.97. The third-order valence-electron chi connectivity index (χ3n) is 4.79. The number of aromatic nitrogens is 4. The van der Waals surface area contributed by atoms with Gasteiger partial charge in [-0.15, -0.1) is 0 Å². The van der Waals surface area contributed by atoms with Crippen molar-refractivity contribution in [2.45, 2.75) is 17.9 Å². The van der Waals surface area contributed by atoms with Gasteiger partial charge in [0, 0.05) is 35.8 Å². The standard InChI is InChI=1S/C21H18Cl2N6O3S/c1-11(19-15(22)9-25-10-16(19)23)32-12-3-5-17-14(7-12)20(29-28-17)21(30)27-18-6-4-13(8-26-18)33(2,24)31/h3-11,24H,1-2H3,(H,28,29)(H,26,27,30). The molecule has 3 aromatic heterocycles. The number of fused-ring (bicyclic) bond motifs is 1. The Kier molecular flexibility index (Phi) is 6.24. The summed E-state index contributed by atoms with van der Waals surface area (Å²) >= 11 is 12.4. The summed E-state index contributed by atoms with van der Waals surface area (Å²) in [6.45, 7) is 1.81. The van der Waals surface area contributed by atoms with E-state index in [4.69, 9.17) is 32.7 Å². The minimum atomic E-state index is -2.89. The summed E-state index contributed by atoms with van der Waals surface area (Å²) in [5.74, 6) is 0.242. The van der Waals surface area contributed by atoms with Crippen LogP contribution in [0.2, 0.25) is 10.0 Å². The molecule has 4 rings (SSSR count). The molecule has 1 amide bonds. The van der Waals surface area contributed by atoms with Crippen LogP contribution in [-0.2, 0) is 9.73 Å². The van der Waals surface area contributed by atoms with Crippen molar-refractivity contribution in [1.82, 2.24) is 20.2 Å². The Morgan fingerprint density at radius 1 is 1.18 bits per heavy atom. The zero-order chi connectivity index (χ0) is 23.8. The Labute approximate surface area is 199 Å². The van der Waals surface area contributed by atoms with Crippen LogP contribution in [0.3, 0.4) is 0 Å². The smallest absolute Gasteiger partial charge is 0.277 e.